The third kappa shape index (κ3) is 1.59. The van der Waals surface area contributed by atoms with Gasteiger partial charge in [-0.3, -0.25) is 4.79 Å². The quantitative estimate of drug-likeness (QED) is 0.618. The minimum absolute atomic E-state index is 0.136. The van der Waals surface area contributed by atoms with Crippen molar-refractivity contribution in [3.63, 3.8) is 0 Å². The zero-order valence-electron chi connectivity index (χ0n) is 4.39. The minimum atomic E-state index is -0.136. The van der Waals surface area contributed by atoms with Gasteiger partial charge in [0.15, 0.2) is 0 Å². The summed E-state index contributed by atoms with van der Waals surface area (Å²) in [5.74, 6) is 0. The maximum Gasteiger partial charge on any atom is 0.248 e. The van der Waals surface area contributed by atoms with Gasteiger partial charge in [-0.05, 0) is 22.0 Å². The lowest BCUT2D eigenvalue weighted by atomic mass is 10.5. The van der Waals surface area contributed by atoms with E-state index in [4.69, 9.17) is 0 Å². The summed E-state index contributed by atoms with van der Waals surface area (Å²) in [7, 11) is 0. The van der Waals surface area contributed by atoms with Gasteiger partial charge in [-0.1, -0.05) is 0 Å². The molecule has 2 nitrogen and oxygen atoms in total. The van der Waals surface area contributed by atoms with E-state index >= 15 is 0 Å². The lowest BCUT2D eigenvalue weighted by molar-refractivity contribution is 1.07. The molecular formula is C5H4BrNOS. The third-order valence-corrected chi connectivity index (χ3v) is 2.17. The summed E-state index contributed by atoms with van der Waals surface area (Å²) >= 11 is 7.15. The molecule has 9 heavy (non-hydrogen) atoms. The average molecular weight is 206 g/mol. The molecular weight excluding hydrogens is 202 g/mol. The van der Waals surface area contributed by atoms with E-state index in [2.05, 4.69) is 33.5 Å². The van der Waals surface area contributed by atoms with Gasteiger partial charge in [0.05, 0.1) is 5.03 Å². The Labute approximate surface area is 65.8 Å². The molecule has 0 amide bonds. The van der Waals surface area contributed by atoms with Gasteiger partial charge in [-0.25, -0.2) is 0 Å². The first kappa shape index (κ1) is 6.89. The molecule has 1 aromatic rings. The zero-order chi connectivity index (χ0) is 6.85. The Morgan fingerprint density at radius 1 is 1.56 bits per heavy atom. The van der Waals surface area contributed by atoms with Crippen molar-refractivity contribution in [3.8, 4) is 0 Å². The Hall–Kier alpha value is -0.220. The number of hydrogen-bond donors (Lipinski definition) is 2. The van der Waals surface area contributed by atoms with Crippen LogP contribution in [0.2, 0.25) is 0 Å². The minimum Gasteiger partial charge on any atom is -0.316 e. The molecule has 0 saturated heterocycles. The molecule has 1 heterocycles. The molecule has 0 fully saturated rings. The summed E-state index contributed by atoms with van der Waals surface area (Å²) in [6.45, 7) is 0. The fraction of sp³-hybridized carbons (Fsp3) is 0. The second-order valence-electron chi connectivity index (χ2n) is 1.52. The molecule has 0 saturated carbocycles. The Morgan fingerprint density at radius 3 is 2.67 bits per heavy atom. The topological polar surface area (TPSA) is 32.9 Å². The van der Waals surface area contributed by atoms with Crippen molar-refractivity contribution in [3.05, 3.63) is 27.0 Å². The average Bonchev–Trinajstić information content (AvgIpc) is 1.80. The molecule has 48 valence electrons. The van der Waals surface area contributed by atoms with Crippen LogP contribution in [0, 0.1) is 0 Å². The van der Waals surface area contributed by atoms with Gasteiger partial charge < -0.3 is 4.98 Å². The highest BCUT2D eigenvalue weighted by atomic mass is 79.9. The fourth-order valence-electron chi connectivity index (χ4n) is 0.446. The lowest BCUT2D eigenvalue weighted by Gasteiger charge is -1.91. The molecule has 0 aliphatic carbocycles. The largest absolute Gasteiger partial charge is 0.316 e. The van der Waals surface area contributed by atoms with E-state index in [9.17, 15) is 4.79 Å². The van der Waals surface area contributed by atoms with Gasteiger partial charge in [-0.15, -0.1) is 12.6 Å². The van der Waals surface area contributed by atoms with E-state index in [1.807, 2.05) is 0 Å². The Balaban J connectivity index is 3.34. The molecule has 0 unspecified atom stereocenters. The maximum absolute atomic E-state index is 10.5. The van der Waals surface area contributed by atoms with Gasteiger partial charge in [0.1, 0.15) is 0 Å². The number of aromatic nitrogens is 1. The highest BCUT2D eigenvalue weighted by molar-refractivity contribution is 9.10. The van der Waals surface area contributed by atoms with Crippen molar-refractivity contribution in [1.29, 1.82) is 0 Å². The summed E-state index contributed by atoms with van der Waals surface area (Å²) in [5.41, 5.74) is -0.136. The first-order chi connectivity index (χ1) is 4.20. The summed E-state index contributed by atoms with van der Waals surface area (Å²) < 4.78 is 0.797. The van der Waals surface area contributed by atoms with E-state index in [1.165, 1.54) is 6.07 Å². The number of rotatable bonds is 0. The molecule has 0 spiro atoms. The van der Waals surface area contributed by atoms with Crippen LogP contribution < -0.4 is 5.56 Å². The van der Waals surface area contributed by atoms with E-state index in [0.717, 1.165) is 4.47 Å². The molecule has 0 radical (unpaired) electrons. The van der Waals surface area contributed by atoms with E-state index < -0.39 is 0 Å². The summed E-state index contributed by atoms with van der Waals surface area (Å²) in [5, 5.41) is 0.558. The van der Waals surface area contributed by atoms with Crippen LogP contribution in [-0.4, -0.2) is 4.98 Å². The van der Waals surface area contributed by atoms with Crippen LogP contribution in [0.5, 0.6) is 0 Å². The van der Waals surface area contributed by atoms with E-state index in [0.29, 0.717) is 5.03 Å². The van der Waals surface area contributed by atoms with Crippen molar-refractivity contribution >= 4 is 28.6 Å². The van der Waals surface area contributed by atoms with Crippen LogP contribution in [0.3, 0.4) is 0 Å². The van der Waals surface area contributed by atoms with Crippen LogP contribution in [0.25, 0.3) is 0 Å². The second-order valence-corrected chi connectivity index (χ2v) is 2.82. The van der Waals surface area contributed by atoms with Gasteiger partial charge >= 0.3 is 0 Å². The monoisotopic (exact) mass is 205 g/mol. The van der Waals surface area contributed by atoms with Crippen LogP contribution in [0.15, 0.2) is 26.4 Å². The molecule has 0 aromatic carbocycles. The van der Waals surface area contributed by atoms with Crippen LogP contribution in [0.1, 0.15) is 0 Å². The first-order valence-electron chi connectivity index (χ1n) is 2.28. The van der Waals surface area contributed by atoms with Gasteiger partial charge in [0, 0.05) is 10.5 Å². The van der Waals surface area contributed by atoms with Crippen molar-refractivity contribution in [2.45, 2.75) is 5.03 Å². The number of pyridine rings is 1. The summed E-state index contributed by atoms with van der Waals surface area (Å²) in [4.78, 5) is 13.0. The smallest absolute Gasteiger partial charge is 0.248 e. The number of thiol groups is 1. The SMILES string of the molecule is O=c1ccc(Br)c(S)[nH]1. The molecule has 0 aliphatic heterocycles. The third-order valence-electron chi connectivity index (χ3n) is 0.849. The van der Waals surface area contributed by atoms with Crippen LogP contribution >= 0.6 is 28.6 Å². The van der Waals surface area contributed by atoms with E-state index in [1.54, 1.807) is 6.07 Å². The van der Waals surface area contributed by atoms with Crippen molar-refractivity contribution in [1.82, 2.24) is 4.98 Å². The number of nitrogens with one attached hydrogen (secondary N) is 1. The Kier molecular flexibility index (Phi) is 1.97. The van der Waals surface area contributed by atoms with Crippen LogP contribution in [-0.2, 0) is 0 Å². The van der Waals surface area contributed by atoms with Crippen molar-refractivity contribution in [2.24, 2.45) is 0 Å². The fourth-order valence-corrected chi connectivity index (χ4v) is 0.862. The predicted molar refractivity (Wildman–Crippen MR) is 42.0 cm³/mol. The molecule has 0 bridgehead atoms. The van der Waals surface area contributed by atoms with Gasteiger partial charge in [0.25, 0.3) is 0 Å². The maximum atomic E-state index is 10.5. The molecule has 1 rings (SSSR count). The molecule has 1 aromatic heterocycles. The molecule has 0 atom stereocenters. The number of halogens is 1. The van der Waals surface area contributed by atoms with Gasteiger partial charge in [0.2, 0.25) is 5.56 Å². The zero-order valence-corrected chi connectivity index (χ0v) is 6.87. The number of aromatic amines is 1. The second kappa shape index (κ2) is 2.58. The molecule has 4 heteroatoms. The molecule has 1 N–H and O–H groups in total. The normalized spacial score (nSPS) is 9.56. The Morgan fingerprint density at radius 2 is 2.22 bits per heavy atom. The summed E-state index contributed by atoms with van der Waals surface area (Å²) in [6, 6.07) is 3.09. The number of hydrogen-bond acceptors (Lipinski definition) is 2. The van der Waals surface area contributed by atoms with E-state index in [-0.39, 0.29) is 5.56 Å². The standard InChI is InChI=1S/C5H4BrNOS/c6-3-1-2-4(8)7-5(3)9/h1-2H,(H2,7,8,9). The molecule has 0 aliphatic rings. The summed E-state index contributed by atoms with van der Waals surface area (Å²) in [6.07, 6.45) is 0. The highest BCUT2D eigenvalue weighted by Gasteiger charge is 1.91. The van der Waals surface area contributed by atoms with Crippen molar-refractivity contribution in [2.75, 3.05) is 0 Å². The van der Waals surface area contributed by atoms with Crippen LogP contribution in [0.4, 0.5) is 0 Å². The Bertz CT molecular complexity index is 270. The lowest BCUT2D eigenvalue weighted by Crippen LogP contribution is -2.02. The predicted octanol–water partition coefficient (Wildman–Crippen LogP) is 1.43. The first-order valence-corrected chi connectivity index (χ1v) is 3.52. The number of H-pyrrole nitrogens is 1. The van der Waals surface area contributed by atoms with Crippen molar-refractivity contribution < 1.29 is 0 Å². The van der Waals surface area contributed by atoms with Gasteiger partial charge in [-0.2, -0.15) is 0 Å². The highest BCUT2D eigenvalue weighted by Crippen LogP contribution is 2.14.